The fourth-order valence-electron chi connectivity index (χ4n) is 2.07. The molecular formula is C13H15BrO2S. The number of ketones is 1. The molecular weight excluding hydrogens is 300 g/mol. The van der Waals surface area contributed by atoms with Gasteiger partial charge in [-0.05, 0) is 59.6 Å². The van der Waals surface area contributed by atoms with Gasteiger partial charge in [0.15, 0.2) is 5.78 Å². The molecule has 1 unspecified atom stereocenters. The van der Waals surface area contributed by atoms with Gasteiger partial charge in [-0.25, -0.2) is 0 Å². The van der Waals surface area contributed by atoms with Gasteiger partial charge >= 0.3 is 0 Å². The number of ether oxygens (including phenoxy) is 1. The van der Waals surface area contributed by atoms with Gasteiger partial charge in [-0.2, -0.15) is 0 Å². The van der Waals surface area contributed by atoms with Crippen LogP contribution in [0.3, 0.4) is 0 Å². The first-order valence-corrected chi connectivity index (χ1v) is 7.37. The molecule has 1 fully saturated rings. The minimum atomic E-state index is -0.242. The number of carbonyl (C=O) groups excluding carboxylic acids is 1. The smallest absolute Gasteiger partial charge is 0.178 e. The van der Waals surface area contributed by atoms with Crippen molar-refractivity contribution < 1.29 is 9.53 Å². The summed E-state index contributed by atoms with van der Waals surface area (Å²) in [5.41, 5.74) is 0.759. The predicted molar refractivity (Wildman–Crippen MR) is 75.1 cm³/mol. The van der Waals surface area contributed by atoms with E-state index in [1.54, 1.807) is 18.9 Å². The highest BCUT2D eigenvalue weighted by Crippen LogP contribution is 2.40. The summed E-state index contributed by atoms with van der Waals surface area (Å²) in [6.07, 6.45) is 2.10. The number of halogens is 1. The first-order valence-electron chi connectivity index (χ1n) is 5.59. The van der Waals surface area contributed by atoms with Gasteiger partial charge in [0.05, 0.1) is 16.3 Å². The zero-order chi connectivity index (χ0) is 12.5. The SMILES string of the molecule is COc1ccc(C(=O)C2(C)CCCS2)cc1Br. The largest absolute Gasteiger partial charge is 0.496 e. The van der Waals surface area contributed by atoms with Crippen molar-refractivity contribution in [3.8, 4) is 5.75 Å². The van der Waals surface area contributed by atoms with E-state index in [0.29, 0.717) is 0 Å². The quantitative estimate of drug-likeness (QED) is 0.791. The number of hydrogen-bond donors (Lipinski definition) is 0. The number of Topliss-reactive ketones (excluding diaryl/α,β-unsaturated/α-hetero) is 1. The molecule has 0 bridgehead atoms. The van der Waals surface area contributed by atoms with Crippen molar-refractivity contribution in [3.63, 3.8) is 0 Å². The maximum atomic E-state index is 12.4. The van der Waals surface area contributed by atoms with Crippen LogP contribution in [-0.4, -0.2) is 23.4 Å². The lowest BCUT2D eigenvalue weighted by Gasteiger charge is -2.21. The second-order valence-corrected chi connectivity index (χ2v) is 6.81. The van der Waals surface area contributed by atoms with Crippen molar-refractivity contribution in [3.05, 3.63) is 28.2 Å². The van der Waals surface area contributed by atoms with E-state index in [-0.39, 0.29) is 10.5 Å². The summed E-state index contributed by atoms with van der Waals surface area (Å²) in [5, 5.41) is 0. The molecule has 4 heteroatoms. The number of benzene rings is 1. The van der Waals surface area contributed by atoms with Crippen molar-refractivity contribution in [2.24, 2.45) is 0 Å². The maximum absolute atomic E-state index is 12.4. The molecule has 1 saturated heterocycles. The average Bonchev–Trinajstić information content (AvgIpc) is 2.76. The maximum Gasteiger partial charge on any atom is 0.178 e. The molecule has 92 valence electrons. The van der Waals surface area contributed by atoms with Crippen LogP contribution in [0.5, 0.6) is 5.75 Å². The van der Waals surface area contributed by atoms with Gasteiger partial charge in [-0.3, -0.25) is 4.79 Å². The van der Waals surface area contributed by atoms with Gasteiger partial charge in [0, 0.05) is 5.56 Å². The van der Waals surface area contributed by atoms with Crippen molar-refractivity contribution in [1.29, 1.82) is 0 Å². The van der Waals surface area contributed by atoms with Crippen molar-refractivity contribution >= 4 is 33.5 Å². The van der Waals surface area contributed by atoms with E-state index >= 15 is 0 Å². The second kappa shape index (κ2) is 5.02. The highest BCUT2D eigenvalue weighted by atomic mass is 79.9. The molecule has 2 nitrogen and oxygen atoms in total. The highest BCUT2D eigenvalue weighted by molar-refractivity contribution is 9.10. The number of thioether (sulfide) groups is 1. The molecule has 0 spiro atoms. The third-order valence-electron chi connectivity index (χ3n) is 3.11. The van der Waals surface area contributed by atoms with Crippen molar-refractivity contribution in [2.75, 3.05) is 12.9 Å². The van der Waals surface area contributed by atoms with E-state index in [4.69, 9.17) is 4.74 Å². The van der Waals surface area contributed by atoms with E-state index in [0.717, 1.165) is 34.4 Å². The van der Waals surface area contributed by atoms with Crippen LogP contribution in [-0.2, 0) is 0 Å². The Balaban J connectivity index is 2.28. The molecule has 1 aromatic rings. The van der Waals surface area contributed by atoms with Gasteiger partial charge in [0.1, 0.15) is 5.75 Å². The molecule has 1 aliphatic heterocycles. The standard InChI is InChI=1S/C13H15BrO2S/c1-13(6-3-7-17-13)12(15)9-4-5-11(16-2)10(14)8-9/h4-5,8H,3,6-7H2,1-2H3. The third kappa shape index (κ3) is 2.52. The van der Waals surface area contributed by atoms with Crippen LogP contribution in [0.1, 0.15) is 30.1 Å². The number of carbonyl (C=O) groups is 1. The fourth-order valence-corrected chi connectivity index (χ4v) is 3.89. The Morgan fingerprint density at radius 2 is 2.29 bits per heavy atom. The number of methoxy groups -OCH3 is 1. The molecule has 2 rings (SSSR count). The van der Waals surface area contributed by atoms with Crippen LogP contribution < -0.4 is 4.74 Å². The summed E-state index contributed by atoms with van der Waals surface area (Å²) < 4.78 is 5.76. The lowest BCUT2D eigenvalue weighted by Crippen LogP contribution is -2.28. The van der Waals surface area contributed by atoms with E-state index in [2.05, 4.69) is 15.9 Å². The zero-order valence-corrected chi connectivity index (χ0v) is 12.4. The molecule has 1 aromatic carbocycles. The molecule has 17 heavy (non-hydrogen) atoms. The van der Waals surface area contributed by atoms with Crippen LogP contribution >= 0.6 is 27.7 Å². The first kappa shape index (κ1) is 13.0. The second-order valence-electron chi connectivity index (χ2n) is 4.36. The molecule has 1 heterocycles. The normalized spacial score (nSPS) is 23.7. The number of hydrogen-bond acceptors (Lipinski definition) is 3. The fraction of sp³-hybridized carbons (Fsp3) is 0.462. The monoisotopic (exact) mass is 314 g/mol. The molecule has 0 aliphatic carbocycles. The predicted octanol–water partition coefficient (Wildman–Crippen LogP) is 3.93. The van der Waals surface area contributed by atoms with E-state index in [9.17, 15) is 4.79 Å². The highest BCUT2D eigenvalue weighted by Gasteiger charge is 2.37. The summed E-state index contributed by atoms with van der Waals surface area (Å²) in [4.78, 5) is 12.4. The zero-order valence-electron chi connectivity index (χ0n) is 9.96. The van der Waals surface area contributed by atoms with E-state index in [1.165, 1.54) is 0 Å². The molecule has 0 amide bonds. The van der Waals surface area contributed by atoms with Crippen LogP contribution in [0.2, 0.25) is 0 Å². The Morgan fingerprint density at radius 1 is 1.53 bits per heavy atom. The summed E-state index contributed by atoms with van der Waals surface area (Å²) >= 11 is 5.19. The first-order chi connectivity index (χ1) is 8.07. The van der Waals surface area contributed by atoms with Gasteiger partial charge < -0.3 is 4.74 Å². The van der Waals surface area contributed by atoms with Crippen LogP contribution in [0, 0.1) is 0 Å². The average molecular weight is 315 g/mol. The number of rotatable bonds is 3. The lowest BCUT2D eigenvalue weighted by molar-refractivity contribution is 0.0949. The van der Waals surface area contributed by atoms with E-state index in [1.807, 2.05) is 25.1 Å². The lowest BCUT2D eigenvalue weighted by atomic mass is 9.95. The summed E-state index contributed by atoms with van der Waals surface area (Å²) in [6.45, 7) is 2.05. The molecule has 1 atom stereocenters. The summed E-state index contributed by atoms with van der Waals surface area (Å²) in [7, 11) is 1.62. The van der Waals surface area contributed by atoms with Gasteiger partial charge in [0.2, 0.25) is 0 Å². The molecule has 0 N–H and O–H groups in total. The molecule has 0 aromatic heterocycles. The van der Waals surface area contributed by atoms with Crippen LogP contribution in [0.4, 0.5) is 0 Å². The summed E-state index contributed by atoms with van der Waals surface area (Å²) in [5.74, 6) is 2.06. The Kier molecular flexibility index (Phi) is 3.83. The van der Waals surface area contributed by atoms with Crippen molar-refractivity contribution in [1.82, 2.24) is 0 Å². The van der Waals surface area contributed by atoms with Crippen LogP contribution in [0.15, 0.2) is 22.7 Å². The Labute approximate surface area is 114 Å². The Morgan fingerprint density at radius 3 is 2.82 bits per heavy atom. The van der Waals surface area contributed by atoms with E-state index < -0.39 is 0 Å². The third-order valence-corrected chi connectivity index (χ3v) is 5.25. The topological polar surface area (TPSA) is 26.3 Å². The Hall–Kier alpha value is -0.480. The molecule has 0 saturated carbocycles. The Bertz CT molecular complexity index is 439. The molecule has 1 aliphatic rings. The van der Waals surface area contributed by atoms with Gasteiger partial charge in [-0.15, -0.1) is 11.8 Å². The van der Waals surface area contributed by atoms with Crippen LogP contribution in [0.25, 0.3) is 0 Å². The van der Waals surface area contributed by atoms with Gasteiger partial charge in [-0.1, -0.05) is 0 Å². The molecule has 0 radical (unpaired) electrons. The summed E-state index contributed by atoms with van der Waals surface area (Å²) in [6, 6.07) is 5.53. The minimum Gasteiger partial charge on any atom is -0.496 e. The van der Waals surface area contributed by atoms with Crippen molar-refractivity contribution in [2.45, 2.75) is 24.5 Å². The minimum absolute atomic E-state index is 0.225. The van der Waals surface area contributed by atoms with Gasteiger partial charge in [0.25, 0.3) is 0 Å².